The van der Waals surface area contributed by atoms with Crippen LogP contribution in [-0.4, -0.2) is 57.2 Å². The molecule has 0 saturated carbocycles. The van der Waals surface area contributed by atoms with Crippen LogP contribution in [0.2, 0.25) is 0 Å². The number of esters is 1. The van der Waals surface area contributed by atoms with Gasteiger partial charge in [0.25, 0.3) is 0 Å². The standard InChI is InChI=1S/C20H28F3N3O3.HI/c1-24-19(25-10-5-3-4-9-18(27)28-2)26-11-12-29-17(14-26)15-7-6-8-16(13-15)20(21,22)23;/h6-8,13,17H,3-5,9-12,14H2,1-2H3,(H,24,25);1H. The molecule has 0 bridgehead atoms. The van der Waals surface area contributed by atoms with Crippen molar-refractivity contribution in [3.63, 3.8) is 0 Å². The van der Waals surface area contributed by atoms with Gasteiger partial charge in [0, 0.05) is 26.6 Å². The Morgan fingerprint density at radius 2 is 2.10 bits per heavy atom. The predicted molar refractivity (Wildman–Crippen MR) is 119 cm³/mol. The van der Waals surface area contributed by atoms with Crippen molar-refractivity contribution < 1.29 is 27.4 Å². The van der Waals surface area contributed by atoms with Crippen LogP contribution < -0.4 is 5.32 Å². The molecule has 1 aromatic carbocycles. The van der Waals surface area contributed by atoms with Crippen molar-refractivity contribution >= 4 is 35.9 Å². The summed E-state index contributed by atoms with van der Waals surface area (Å²) in [4.78, 5) is 17.4. The Labute approximate surface area is 192 Å². The Hall–Kier alpha value is -1.56. The lowest BCUT2D eigenvalue weighted by Crippen LogP contribution is -2.48. The van der Waals surface area contributed by atoms with Crippen molar-refractivity contribution in [2.24, 2.45) is 4.99 Å². The van der Waals surface area contributed by atoms with Crippen molar-refractivity contribution in [2.45, 2.75) is 38.0 Å². The number of morpholine rings is 1. The summed E-state index contributed by atoms with van der Waals surface area (Å²) >= 11 is 0. The van der Waals surface area contributed by atoms with Gasteiger partial charge in [-0.15, -0.1) is 24.0 Å². The van der Waals surface area contributed by atoms with E-state index in [1.807, 2.05) is 4.90 Å². The number of ether oxygens (including phenoxy) is 2. The third-order valence-electron chi connectivity index (χ3n) is 4.73. The summed E-state index contributed by atoms with van der Waals surface area (Å²) in [7, 11) is 3.05. The normalized spacial score (nSPS) is 17.3. The first-order valence-corrected chi connectivity index (χ1v) is 9.66. The summed E-state index contributed by atoms with van der Waals surface area (Å²) < 4.78 is 49.3. The lowest BCUT2D eigenvalue weighted by Gasteiger charge is -2.35. The second-order valence-electron chi connectivity index (χ2n) is 6.79. The molecule has 10 heteroatoms. The van der Waals surface area contributed by atoms with E-state index in [2.05, 4.69) is 15.0 Å². The minimum Gasteiger partial charge on any atom is -0.469 e. The summed E-state index contributed by atoms with van der Waals surface area (Å²) in [5.74, 6) is 0.487. The largest absolute Gasteiger partial charge is 0.469 e. The van der Waals surface area contributed by atoms with Crippen LogP contribution in [0, 0.1) is 0 Å². The summed E-state index contributed by atoms with van der Waals surface area (Å²) in [5.41, 5.74) is -0.173. The van der Waals surface area contributed by atoms with Crippen LogP contribution in [0.4, 0.5) is 13.2 Å². The number of benzene rings is 1. The number of carbonyl (C=O) groups is 1. The molecule has 1 fully saturated rings. The SMILES string of the molecule is CN=C(NCCCCCC(=O)OC)N1CCOC(c2cccc(C(F)(F)F)c2)C1.I. The molecule has 1 aliphatic rings. The number of methoxy groups -OCH3 is 1. The van der Waals surface area contributed by atoms with Crippen molar-refractivity contribution in [2.75, 3.05) is 40.4 Å². The minimum absolute atomic E-state index is 0. The number of nitrogens with zero attached hydrogens (tertiary/aromatic N) is 2. The number of guanidine groups is 1. The predicted octanol–water partition coefficient (Wildman–Crippen LogP) is 4.01. The van der Waals surface area contributed by atoms with E-state index in [1.54, 1.807) is 13.1 Å². The first-order valence-electron chi connectivity index (χ1n) is 9.66. The number of rotatable bonds is 7. The summed E-state index contributed by atoms with van der Waals surface area (Å²) in [6, 6.07) is 5.26. The van der Waals surface area contributed by atoms with Gasteiger partial charge in [0.15, 0.2) is 5.96 Å². The Morgan fingerprint density at radius 1 is 1.33 bits per heavy atom. The van der Waals surface area contributed by atoms with Crippen molar-refractivity contribution in [3.8, 4) is 0 Å². The fourth-order valence-corrected chi connectivity index (χ4v) is 3.16. The zero-order valence-electron chi connectivity index (χ0n) is 17.2. The number of alkyl halides is 3. The van der Waals surface area contributed by atoms with Crippen LogP contribution in [0.3, 0.4) is 0 Å². The van der Waals surface area contributed by atoms with E-state index in [4.69, 9.17) is 4.74 Å². The lowest BCUT2D eigenvalue weighted by molar-refractivity contribution is -0.140. The van der Waals surface area contributed by atoms with Gasteiger partial charge in [-0.25, -0.2) is 0 Å². The van der Waals surface area contributed by atoms with Crippen LogP contribution in [-0.2, 0) is 20.4 Å². The molecule has 1 aromatic rings. The summed E-state index contributed by atoms with van der Waals surface area (Å²) in [6.45, 7) is 2.13. The second-order valence-corrected chi connectivity index (χ2v) is 6.79. The number of halogens is 4. The second kappa shape index (κ2) is 13.0. The number of aliphatic imine (C=N–C) groups is 1. The van der Waals surface area contributed by atoms with Gasteiger partial charge in [0.05, 0.1) is 25.8 Å². The smallest absolute Gasteiger partial charge is 0.416 e. The molecule has 0 spiro atoms. The quantitative estimate of drug-likeness (QED) is 0.185. The highest BCUT2D eigenvalue weighted by Crippen LogP contribution is 2.32. The highest BCUT2D eigenvalue weighted by molar-refractivity contribution is 14.0. The highest BCUT2D eigenvalue weighted by atomic mass is 127. The Bertz CT molecular complexity index is 701. The molecule has 1 N–H and O–H groups in total. The third-order valence-corrected chi connectivity index (χ3v) is 4.73. The third kappa shape index (κ3) is 8.29. The molecule has 0 aliphatic carbocycles. The Balaban J connectivity index is 0.00000450. The fourth-order valence-electron chi connectivity index (χ4n) is 3.16. The maximum absolute atomic E-state index is 13.0. The van der Waals surface area contributed by atoms with Crippen LogP contribution in [0.25, 0.3) is 0 Å². The summed E-state index contributed by atoms with van der Waals surface area (Å²) in [5, 5.41) is 3.27. The molecular formula is C20H29F3IN3O3. The number of hydrogen-bond donors (Lipinski definition) is 1. The van der Waals surface area contributed by atoms with Gasteiger partial charge in [-0.1, -0.05) is 18.6 Å². The van der Waals surface area contributed by atoms with Crippen LogP contribution in [0.1, 0.15) is 42.9 Å². The summed E-state index contributed by atoms with van der Waals surface area (Å²) in [6.07, 6.45) is -1.90. The molecule has 1 atom stereocenters. The van der Waals surface area contributed by atoms with E-state index in [9.17, 15) is 18.0 Å². The average molecular weight is 543 g/mol. The van der Waals surface area contributed by atoms with E-state index in [-0.39, 0.29) is 29.9 Å². The molecule has 0 aromatic heterocycles. The molecule has 1 heterocycles. The van der Waals surface area contributed by atoms with Gasteiger partial charge in [-0.2, -0.15) is 13.2 Å². The van der Waals surface area contributed by atoms with E-state index in [0.29, 0.717) is 44.2 Å². The van der Waals surface area contributed by atoms with E-state index in [1.165, 1.54) is 13.2 Å². The number of carbonyl (C=O) groups excluding carboxylic acids is 1. The highest BCUT2D eigenvalue weighted by Gasteiger charge is 2.32. The van der Waals surface area contributed by atoms with E-state index in [0.717, 1.165) is 31.4 Å². The zero-order chi connectivity index (χ0) is 21.3. The molecule has 1 unspecified atom stereocenters. The lowest BCUT2D eigenvalue weighted by atomic mass is 10.0. The topological polar surface area (TPSA) is 63.2 Å². The van der Waals surface area contributed by atoms with Gasteiger partial charge >= 0.3 is 12.1 Å². The molecule has 0 amide bonds. The molecule has 0 radical (unpaired) electrons. The monoisotopic (exact) mass is 543 g/mol. The Kier molecular flexibility index (Phi) is 11.5. The average Bonchev–Trinajstić information content (AvgIpc) is 2.72. The molecule has 6 nitrogen and oxygen atoms in total. The van der Waals surface area contributed by atoms with Gasteiger partial charge in [-0.3, -0.25) is 9.79 Å². The Morgan fingerprint density at radius 3 is 2.77 bits per heavy atom. The van der Waals surface area contributed by atoms with Gasteiger partial charge in [0.2, 0.25) is 0 Å². The maximum Gasteiger partial charge on any atom is 0.416 e. The molecule has 30 heavy (non-hydrogen) atoms. The number of hydrogen-bond acceptors (Lipinski definition) is 4. The van der Waals surface area contributed by atoms with Gasteiger partial charge < -0.3 is 19.7 Å². The zero-order valence-corrected chi connectivity index (χ0v) is 19.5. The van der Waals surface area contributed by atoms with E-state index < -0.39 is 17.8 Å². The molecule has 170 valence electrons. The van der Waals surface area contributed by atoms with Gasteiger partial charge in [-0.05, 0) is 30.5 Å². The van der Waals surface area contributed by atoms with Crippen molar-refractivity contribution in [1.29, 1.82) is 0 Å². The van der Waals surface area contributed by atoms with Crippen LogP contribution >= 0.6 is 24.0 Å². The first kappa shape index (κ1) is 26.5. The minimum atomic E-state index is -4.38. The molecule has 1 aliphatic heterocycles. The number of unbranched alkanes of at least 4 members (excludes halogenated alkanes) is 2. The van der Waals surface area contributed by atoms with Crippen molar-refractivity contribution in [1.82, 2.24) is 10.2 Å². The van der Waals surface area contributed by atoms with E-state index >= 15 is 0 Å². The number of nitrogens with one attached hydrogen (secondary N) is 1. The van der Waals surface area contributed by atoms with Crippen molar-refractivity contribution in [3.05, 3.63) is 35.4 Å². The molecular weight excluding hydrogens is 514 g/mol. The first-order chi connectivity index (χ1) is 13.8. The van der Waals surface area contributed by atoms with Crippen LogP contribution in [0.15, 0.2) is 29.3 Å². The maximum atomic E-state index is 13.0. The fraction of sp³-hybridized carbons (Fsp3) is 0.600. The van der Waals surface area contributed by atoms with Gasteiger partial charge in [0.1, 0.15) is 6.10 Å². The molecule has 2 rings (SSSR count). The van der Waals surface area contributed by atoms with Crippen LogP contribution in [0.5, 0.6) is 0 Å². The molecule has 1 saturated heterocycles.